The molecule has 0 spiro atoms. The highest BCUT2D eigenvalue weighted by atomic mass is 32.1. The number of anilines is 1. The van der Waals surface area contributed by atoms with Gasteiger partial charge in [0.1, 0.15) is 16.8 Å². The van der Waals surface area contributed by atoms with Crippen molar-refractivity contribution in [2.75, 3.05) is 5.32 Å². The largest absolute Gasteiger partial charge is 0.375 e. The van der Waals surface area contributed by atoms with E-state index in [9.17, 15) is 0 Å². The van der Waals surface area contributed by atoms with Crippen molar-refractivity contribution >= 4 is 27.9 Å². The standard InChI is InChI=1S/C16H14N4S/c1-10-9-18-16(21-10)11(2)19-15-7-12(8-17)20-14-6-4-3-5-13(14)15/h3-7,9,11H,1-2H3,(H,19,20). The molecule has 0 aliphatic heterocycles. The molecule has 3 aromatic rings. The zero-order chi connectivity index (χ0) is 14.8. The minimum Gasteiger partial charge on any atom is -0.375 e. The van der Waals surface area contributed by atoms with E-state index in [1.54, 1.807) is 17.4 Å². The van der Waals surface area contributed by atoms with E-state index >= 15 is 0 Å². The van der Waals surface area contributed by atoms with Gasteiger partial charge in [-0.15, -0.1) is 11.3 Å². The predicted octanol–water partition coefficient (Wildman–Crippen LogP) is 4.04. The Bertz CT molecular complexity index is 832. The van der Waals surface area contributed by atoms with Crippen molar-refractivity contribution in [3.63, 3.8) is 0 Å². The van der Waals surface area contributed by atoms with Crippen molar-refractivity contribution in [1.29, 1.82) is 5.26 Å². The van der Waals surface area contributed by atoms with Gasteiger partial charge >= 0.3 is 0 Å². The highest BCUT2D eigenvalue weighted by Crippen LogP contribution is 2.28. The van der Waals surface area contributed by atoms with Crippen LogP contribution in [0.25, 0.3) is 10.9 Å². The number of benzene rings is 1. The van der Waals surface area contributed by atoms with Gasteiger partial charge in [-0.1, -0.05) is 18.2 Å². The fourth-order valence-electron chi connectivity index (χ4n) is 2.22. The third-order valence-electron chi connectivity index (χ3n) is 3.21. The summed E-state index contributed by atoms with van der Waals surface area (Å²) in [4.78, 5) is 9.92. The monoisotopic (exact) mass is 294 g/mol. The maximum Gasteiger partial charge on any atom is 0.143 e. The Labute approximate surface area is 127 Å². The van der Waals surface area contributed by atoms with Gasteiger partial charge in [-0.2, -0.15) is 5.26 Å². The smallest absolute Gasteiger partial charge is 0.143 e. The van der Waals surface area contributed by atoms with Crippen LogP contribution in [0.3, 0.4) is 0 Å². The number of hydrogen-bond donors (Lipinski definition) is 1. The highest BCUT2D eigenvalue weighted by molar-refractivity contribution is 7.11. The van der Waals surface area contributed by atoms with E-state index in [2.05, 4.69) is 28.3 Å². The lowest BCUT2D eigenvalue weighted by molar-refractivity contribution is 0.871. The van der Waals surface area contributed by atoms with E-state index in [1.807, 2.05) is 37.4 Å². The molecule has 0 amide bonds. The number of para-hydroxylation sites is 1. The van der Waals surface area contributed by atoms with E-state index < -0.39 is 0 Å². The number of rotatable bonds is 3. The Hall–Kier alpha value is -2.45. The first-order valence-electron chi connectivity index (χ1n) is 6.66. The van der Waals surface area contributed by atoms with Gasteiger partial charge in [-0.05, 0) is 26.0 Å². The average molecular weight is 294 g/mol. The normalized spacial score (nSPS) is 12.0. The minimum absolute atomic E-state index is 0.0843. The molecule has 5 heteroatoms. The molecule has 4 nitrogen and oxygen atoms in total. The Morgan fingerprint density at radius 1 is 1.33 bits per heavy atom. The summed E-state index contributed by atoms with van der Waals surface area (Å²) in [5, 5.41) is 14.6. The van der Waals surface area contributed by atoms with Crippen LogP contribution in [0.1, 0.15) is 28.5 Å². The van der Waals surface area contributed by atoms with Crippen LogP contribution in [-0.2, 0) is 0 Å². The van der Waals surface area contributed by atoms with Crippen molar-refractivity contribution in [1.82, 2.24) is 9.97 Å². The van der Waals surface area contributed by atoms with Crippen LogP contribution in [0.4, 0.5) is 5.69 Å². The Balaban J connectivity index is 2.01. The van der Waals surface area contributed by atoms with Crippen LogP contribution in [0.5, 0.6) is 0 Å². The molecule has 104 valence electrons. The fraction of sp³-hybridized carbons (Fsp3) is 0.188. The van der Waals surface area contributed by atoms with Crippen molar-refractivity contribution in [3.05, 3.63) is 52.1 Å². The quantitative estimate of drug-likeness (QED) is 0.791. The summed E-state index contributed by atoms with van der Waals surface area (Å²) in [6, 6.07) is 11.8. The number of pyridine rings is 1. The van der Waals surface area contributed by atoms with E-state index in [0.717, 1.165) is 21.6 Å². The van der Waals surface area contributed by atoms with Gasteiger partial charge in [0.2, 0.25) is 0 Å². The van der Waals surface area contributed by atoms with Crippen LogP contribution in [0.2, 0.25) is 0 Å². The molecule has 0 aliphatic carbocycles. The van der Waals surface area contributed by atoms with Crippen LogP contribution in [0, 0.1) is 18.3 Å². The number of nitrogens with one attached hydrogen (secondary N) is 1. The molecule has 3 rings (SSSR count). The number of hydrogen-bond acceptors (Lipinski definition) is 5. The lowest BCUT2D eigenvalue weighted by Crippen LogP contribution is -2.07. The summed E-state index contributed by atoms with van der Waals surface area (Å²) in [6.07, 6.45) is 1.88. The number of nitriles is 1. The van der Waals surface area contributed by atoms with Gasteiger partial charge in [0.25, 0.3) is 0 Å². The Kier molecular flexibility index (Phi) is 3.55. The first-order chi connectivity index (χ1) is 10.2. The second kappa shape index (κ2) is 5.51. The number of thiazole rings is 1. The van der Waals surface area contributed by atoms with Crippen LogP contribution in [0.15, 0.2) is 36.5 Å². The molecule has 21 heavy (non-hydrogen) atoms. The molecule has 0 bridgehead atoms. The predicted molar refractivity (Wildman–Crippen MR) is 85.3 cm³/mol. The molecule has 0 saturated heterocycles. The molecule has 0 radical (unpaired) electrons. The maximum atomic E-state index is 9.13. The molecular weight excluding hydrogens is 280 g/mol. The molecule has 2 aromatic heterocycles. The van der Waals surface area contributed by atoms with E-state index in [0.29, 0.717) is 5.69 Å². The topological polar surface area (TPSA) is 61.6 Å². The van der Waals surface area contributed by atoms with E-state index in [1.165, 1.54) is 4.88 Å². The van der Waals surface area contributed by atoms with Gasteiger partial charge in [0.05, 0.1) is 11.6 Å². The summed E-state index contributed by atoms with van der Waals surface area (Å²) in [7, 11) is 0. The number of aryl methyl sites for hydroxylation is 1. The third kappa shape index (κ3) is 2.71. The second-order valence-corrected chi connectivity index (χ2v) is 6.13. The molecule has 1 N–H and O–H groups in total. The van der Waals surface area contributed by atoms with E-state index in [-0.39, 0.29) is 6.04 Å². The summed E-state index contributed by atoms with van der Waals surface area (Å²) in [5.74, 6) is 0. The SMILES string of the molecule is Cc1cnc(C(C)Nc2cc(C#N)nc3ccccc23)s1. The summed E-state index contributed by atoms with van der Waals surface area (Å²) < 4.78 is 0. The first kappa shape index (κ1) is 13.5. The summed E-state index contributed by atoms with van der Waals surface area (Å²) >= 11 is 1.68. The lowest BCUT2D eigenvalue weighted by Gasteiger charge is -2.15. The highest BCUT2D eigenvalue weighted by Gasteiger charge is 2.12. The van der Waals surface area contributed by atoms with Gasteiger partial charge in [-0.3, -0.25) is 0 Å². The van der Waals surface area contributed by atoms with Gasteiger partial charge in [0, 0.05) is 22.1 Å². The Morgan fingerprint density at radius 3 is 2.86 bits per heavy atom. The summed E-state index contributed by atoms with van der Waals surface area (Å²) in [6.45, 7) is 4.11. The maximum absolute atomic E-state index is 9.13. The third-order valence-corrected chi connectivity index (χ3v) is 4.31. The molecule has 1 atom stereocenters. The van der Waals surface area contributed by atoms with Crippen molar-refractivity contribution in [3.8, 4) is 6.07 Å². The lowest BCUT2D eigenvalue weighted by atomic mass is 10.1. The molecule has 1 aromatic carbocycles. The van der Waals surface area contributed by atoms with Gasteiger partial charge in [-0.25, -0.2) is 9.97 Å². The van der Waals surface area contributed by atoms with Crippen LogP contribution in [-0.4, -0.2) is 9.97 Å². The van der Waals surface area contributed by atoms with E-state index in [4.69, 9.17) is 5.26 Å². The van der Waals surface area contributed by atoms with Gasteiger partial charge in [0.15, 0.2) is 0 Å². The summed E-state index contributed by atoms with van der Waals surface area (Å²) in [5.41, 5.74) is 2.15. The zero-order valence-electron chi connectivity index (χ0n) is 11.8. The van der Waals surface area contributed by atoms with Gasteiger partial charge < -0.3 is 5.32 Å². The first-order valence-corrected chi connectivity index (χ1v) is 7.48. The molecule has 2 heterocycles. The van der Waals surface area contributed by atoms with Crippen LogP contribution >= 0.6 is 11.3 Å². The second-order valence-electron chi connectivity index (χ2n) is 4.86. The zero-order valence-corrected chi connectivity index (χ0v) is 12.6. The van der Waals surface area contributed by atoms with Crippen molar-refractivity contribution in [2.24, 2.45) is 0 Å². The molecular formula is C16H14N4S. The van der Waals surface area contributed by atoms with Crippen molar-refractivity contribution in [2.45, 2.75) is 19.9 Å². The number of aromatic nitrogens is 2. The number of nitrogens with zero attached hydrogens (tertiary/aromatic N) is 3. The molecule has 0 aliphatic rings. The fourth-order valence-corrected chi connectivity index (χ4v) is 3.00. The minimum atomic E-state index is 0.0843. The van der Waals surface area contributed by atoms with Crippen molar-refractivity contribution < 1.29 is 0 Å². The Morgan fingerprint density at radius 2 is 2.14 bits per heavy atom. The molecule has 0 fully saturated rings. The average Bonchev–Trinajstić information content (AvgIpc) is 2.93. The van der Waals surface area contributed by atoms with Crippen LogP contribution < -0.4 is 5.32 Å². The number of fused-ring (bicyclic) bond motifs is 1. The molecule has 0 saturated carbocycles. The molecule has 1 unspecified atom stereocenters.